The number of halogens is 1. The Bertz CT molecular complexity index is 602. The second kappa shape index (κ2) is 6.25. The second-order valence-electron chi connectivity index (χ2n) is 4.52. The number of hydrogen-bond acceptors (Lipinski definition) is 3. The Morgan fingerprint density at radius 3 is 2.55 bits per heavy atom. The van der Waals surface area contributed by atoms with Crippen LogP contribution in [0.25, 0.3) is 0 Å². The van der Waals surface area contributed by atoms with Gasteiger partial charge in [-0.15, -0.1) is 0 Å². The van der Waals surface area contributed by atoms with Gasteiger partial charge in [0, 0.05) is 24.2 Å². The summed E-state index contributed by atoms with van der Waals surface area (Å²) in [6.07, 6.45) is 0. The van der Waals surface area contributed by atoms with Crippen molar-refractivity contribution < 1.29 is 9.31 Å². The summed E-state index contributed by atoms with van der Waals surface area (Å²) in [6.45, 7) is 2.20. The van der Waals surface area contributed by atoms with Gasteiger partial charge < -0.3 is 5.32 Å². The van der Waals surface area contributed by atoms with Crippen molar-refractivity contribution in [1.29, 1.82) is 0 Å². The highest BCUT2D eigenvalue weighted by Crippen LogP contribution is 2.21. The Labute approximate surface area is 116 Å². The monoisotopic (exact) mass is 274 g/mol. The van der Waals surface area contributed by atoms with Gasteiger partial charge >= 0.3 is 5.69 Å². The van der Waals surface area contributed by atoms with Gasteiger partial charge in [0.2, 0.25) is 5.82 Å². The number of rotatable bonds is 5. The van der Waals surface area contributed by atoms with E-state index in [1.807, 2.05) is 37.3 Å². The van der Waals surface area contributed by atoms with E-state index in [1.54, 1.807) is 6.07 Å². The topological polar surface area (TPSA) is 55.2 Å². The number of hydrogen-bond donors (Lipinski definition) is 1. The summed E-state index contributed by atoms with van der Waals surface area (Å²) < 4.78 is 13.9. The van der Waals surface area contributed by atoms with E-state index in [4.69, 9.17) is 0 Å². The van der Waals surface area contributed by atoms with E-state index in [1.165, 1.54) is 12.1 Å². The van der Waals surface area contributed by atoms with Crippen LogP contribution in [-0.4, -0.2) is 4.92 Å². The van der Waals surface area contributed by atoms with Crippen LogP contribution in [0.4, 0.5) is 10.1 Å². The Kier molecular flexibility index (Phi) is 4.42. The summed E-state index contributed by atoms with van der Waals surface area (Å²) in [7, 11) is 0. The molecule has 0 aliphatic carbocycles. The lowest BCUT2D eigenvalue weighted by Gasteiger charge is -2.14. The number of nitrogens with one attached hydrogen (secondary N) is 1. The van der Waals surface area contributed by atoms with Crippen molar-refractivity contribution in [3.05, 3.63) is 75.6 Å². The molecule has 4 nitrogen and oxygen atoms in total. The molecule has 2 aromatic rings. The summed E-state index contributed by atoms with van der Waals surface area (Å²) in [4.78, 5) is 9.97. The van der Waals surface area contributed by atoms with Crippen LogP contribution in [0, 0.1) is 15.9 Å². The van der Waals surface area contributed by atoms with Crippen LogP contribution in [0.15, 0.2) is 48.5 Å². The molecule has 1 N–H and O–H groups in total. The highest BCUT2D eigenvalue weighted by atomic mass is 19.1. The van der Waals surface area contributed by atoms with Crippen LogP contribution in [0.3, 0.4) is 0 Å². The normalized spacial score (nSPS) is 12.1. The smallest absolute Gasteiger partial charge is 0.305 e. The van der Waals surface area contributed by atoms with Crippen LogP contribution in [0.1, 0.15) is 24.1 Å². The van der Waals surface area contributed by atoms with Crippen molar-refractivity contribution in [2.24, 2.45) is 0 Å². The molecule has 1 unspecified atom stereocenters. The van der Waals surface area contributed by atoms with Crippen LogP contribution in [0.2, 0.25) is 0 Å². The lowest BCUT2D eigenvalue weighted by atomic mass is 10.1. The SMILES string of the molecule is CC(NCc1cccc([N+](=O)[O-])c1F)c1ccccc1. The quantitative estimate of drug-likeness (QED) is 0.669. The van der Waals surface area contributed by atoms with Gasteiger partial charge in [-0.3, -0.25) is 10.1 Å². The zero-order valence-electron chi connectivity index (χ0n) is 11.0. The minimum Gasteiger partial charge on any atom is -0.306 e. The van der Waals surface area contributed by atoms with Gasteiger partial charge in [-0.2, -0.15) is 4.39 Å². The van der Waals surface area contributed by atoms with Crippen molar-refractivity contribution in [3.8, 4) is 0 Å². The molecule has 0 aromatic heterocycles. The zero-order chi connectivity index (χ0) is 14.5. The van der Waals surface area contributed by atoms with Gasteiger partial charge in [0.05, 0.1) is 4.92 Å². The highest BCUT2D eigenvalue weighted by molar-refractivity contribution is 5.36. The van der Waals surface area contributed by atoms with E-state index in [9.17, 15) is 14.5 Å². The first kappa shape index (κ1) is 14.1. The molecule has 1 atom stereocenters. The van der Waals surface area contributed by atoms with Gasteiger partial charge in [0.15, 0.2) is 0 Å². The molecule has 0 aliphatic rings. The van der Waals surface area contributed by atoms with Gasteiger partial charge in [-0.1, -0.05) is 42.5 Å². The molecule has 104 valence electrons. The zero-order valence-corrected chi connectivity index (χ0v) is 11.0. The molecule has 0 radical (unpaired) electrons. The molecule has 0 saturated heterocycles. The fourth-order valence-corrected chi connectivity index (χ4v) is 1.97. The Morgan fingerprint density at radius 2 is 1.90 bits per heavy atom. The lowest BCUT2D eigenvalue weighted by Crippen LogP contribution is -2.19. The van der Waals surface area contributed by atoms with Crippen LogP contribution < -0.4 is 5.32 Å². The molecule has 0 aliphatic heterocycles. The molecular formula is C15H15FN2O2. The predicted octanol–water partition coefficient (Wildman–Crippen LogP) is 3.58. The minimum absolute atomic E-state index is 0.0369. The van der Waals surface area contributed by atoms with Crippen molar-refractivity contribution in [1.82, 2.24) is 5.32 Å². The molecule has 5 heteroatoms. The Hall–Kier alpha value is -2.27. The van der Waals surface area contributed by atoms with Crippen molar-refractivity contribution in [2.75, 3.05) is 0 Å². The highest BCUT2D eigenvalue weighted by Gasteiger charge is 2.17. The van der Waals surface area contributed by atoms with Gasteiger partial charge in [-0.25, -0.2) is 0 Å². The fraction of sp³-hybridized carbons (Fsp3) is 0.200. The maximum Gasteiger partial charge on any atom is 0.305 e. The summed E-state index contributed by atoms with van der Waals surface area (Å²) >= 11 is 0. The van der Waals surface area contributed by atoms with E-state index in [0.717, 1.165) is 5.56 Å². The van der Waals surface area contributed by atoms with E-state index in [2.05, 4.69) is 5.32 Å². The van der Waals surface area contributed by atoms with Crippen LogP contribution in [0.5, 0.6) is 0 Å². The molecule has 20 heavy (non-hydrogen) atoms. The Balaban J connectivity index is 2.08. The third-order valence-electron chi connectivity index (χ3n) is 3.15. The molecule has 0 spiro atoms. The van der Waals surface area contributed by atoms with Gasteiger partial charge in [0.1, 0.15) is 0 Å². The number of nitrogens with zero attached hydrogens (tertiary/aromatic N) is 1. The van der Waals surface area contributed by atoms with Gasteiger partial charge in [-0.05, 0) is 12.5 Å². The third kappa shape index (κ3) is 3.19. The summed E-state index contributed by atoms with van der Waals surface area (Å²) in [5, 5.41) is 13.8. The molecule has 2 aromatic carbocycles. The van der Waals surface area contributed by atoms with Crippen LogP contribution in [-0.2, 0) is 6.54 Å². The largest absolute Gasteiger partial charge is 0.306 e. The standard InChI is InChI=1S/C15H15FN2O2/c1-11(12-6-3-2-4-7-12)17-10-13-8-5-9-14(15(13)16)18(19)20/h2-9,11,17H,10H2,1H3. The first-order valence-corrected chi connectivity index (χ1v) is 6.29. The first-order valence-electron chi connectivity index (χ1n) is 6.29. The number of nitro groups is 1. The maximum atomic E-state index is 13.9. The minimum atomic E-state index is -0.773. The lowest BCUT2D eigenvalue weighted by molar-refractivity contribution is -0.387. The average Bonchev–Trinajstić information content (AvgIpc) is 2.46. The van der Waals surface area contributed by atoms with Crippen molar-refractivity contribution >= 4 is 5.69 Å². The predicted molar refractivity (Wildman–Crippen MR) is 74.8 cm³/mol. The van der Waals surface area contributed by atoms with Crippen molar-refractivity contribution in [2.45, 2.75) is 19.5 Å². The van der Waals surface area contributed by atoms with E-state index < -0.39 is 16.4 Å². The number of benzene rings is 2. The van der Waals surface area contributed by atoms with Crippen molar-refractivity contribution in [3.63, 3.8) is 0 Å². The molecular weight excluding hydrogens is 259 g/mol. The third-order valence-corrected chi connectivity index (χ3v) is 3.15. The second-order valence-corrected chi connectivity index (χ2v) is 4.52. The molecule has 0 saturated carbocycles. The number of nitro benzene ring substituents is 1. The maximum absolute atomic E-state index is 13.9. The fourth-order valence-electron chi connectivity index (χ4n) is 1.97. The summed E-state index contributed by atoms with van der Waals surface area (Å²) in [5.41, 5.74) is 0.886. The Morgan fingerprint density at radius 1 is 1.20 bits per heavy atom. The molecule has 0 fully saturated rings. The first-order chi connectivity index (χ1) is 9.59. The molecule has 2 rings (SSSR count). The van der Waals surface area contributed by atoms with Crippen LogP contribution >= 0.6 is 0 Å². The average molecular weight is 274 g/mol. The molecule has 0 amide bonds. The van der Waals surface area contributed by atoms with E-state index in [0.29, 0.717) is 5.56 Å². The van der Waals surface area contributed by atoms with E-state index in [-0.39, 0.29) is 12.6 Å². The van der Waals surface area contributed by atoms with Gasteiger partial charge in [0.25, 0.3) is 0 Å². The molecule has 0 heterocycles. The summed E-state index contributed by atoms with van der Waals surface area (Å²) in [6, 6.07) is 14.0. The van der Waals surface area contributed by atoms with E-state index >= 15 is 0 Å². The molecule has 0 bridgehead atoms. The summed E-state index contributed by atoms with van der Waals surface area (Å²) in [5.74, 6) is -0.773.